The number of anilines is 1. The highest BCUT2D eigenvalue weighted by atomic mass is 14.9. The molecule has 1 aliphatic rings. The van der Waals surface area contributed by atoms with Gasteiger partial charge in [-0.2, -0.15) is 0 Å². The molecule has 0 bridgehead atoms. The first-order valence-corrected chi connectivity index (χ1v) is 8.75. The molecule has 0 aliphatic carbocycles. The van der Waals surface area contributed by atoms with Crippen LogP contribution in [0.5, 0.6) is 0 Å². The Balaban J connectivity index is 1.74. The van der Waals surface area contributed by atoms with Gasteiger partial charge in [-0.3, -0.25) is 0 Å². The molecule has 0 saturated carbocycles. The van der Waals surface area contributed by atoms with Crippen LogP contribution < -0.4 is 5.32 Å². The number of H-pyrrole nitrogens is 1. The molecule has 4 aromatic rings. The van der Waals surface area contributed by atoms with E-state index in [4.69, 9.17) is 0 Å². The number of nitrogens with one attached hydrogen (secondary N) is 2. The smallest absolute Gasteiger partial charge is 0.0559 e. The van der Waals surface area contributed by atoms with Gasteiger partial charge in [0.2, 0.25) is 0 Å². The first-order valence-electron chi connectivity index (χ1n) is 8.75. The minimum absolute atomic E-state index is 1.01. The SMILES string of the molecule is C=C1/C=C\C=C(\c2cccc3c2[nH]c2ccccc23)Nc2ccccc21. The zero-order valence-electron chi connectivity index (χ0n) is 14.3. The van der Waals surface area contributed by atoms with Crippen LogP contribution in [-0.4, -0.2) is 4.98 Å². The standard InChI is InChI=1S/C24H18N2/c1-16-8-6-15-23(25-21-13-4-2-9-17(16)21)20-12-7-11-19-18-10-3-5-14-22(18)26-24(19)20/h2-15,25-26H,1H2/b8-6-,23-15-. The molecule has 0 unspecified atom stereocenters. The van der Waals surface area contributed by atoms with Crippen molar-refractivity contribution in [2.24, 2.45) is 0 Å². The van der Waals surface area contributed by atoms with E-state index < -0.39 is 0 Å². The highest BCUT2D eigenvalue weighted by molar-refractivity contribution is 6.11. The van der Waals surface area contributed by atoms with Crippen molar-refractivity contribution >= 4 is 38.8 Å². The molecule has 0 fully saturated rings. The van der Waals surface area contributed by atoms with E-state index in [1.54, 1.807) is 0 Å². The number of aromatic nitrogens is 1. The summed E-state index contributed by atoms with van der Waals surface area (Å²) >= 11 is 0. The summed E-state index contributed by atoms with van der Waals surface area (Å²) in [5.74, 6) is 0. The fourth-order valence-corrected chi connectivity index (χ4v) is 3.66. The van der Waals surface area contributed by atoms with Gasteiger partial charge in [-0.1, -0.05) is 73.3 Å². The quantitative estimate of drug-likeness (QED) is 0.416. The molecule has 2 N–H and O–H groups in total. The molecule has 5 rings (SSSR count). The second-order valence-electron chi connectivity index (χ2n) is 6.53. The zero-order valence-corrected chi connectivity index (χ0v) is 14.3. The molecule has 0 atom stereocenters. The molecule has 124 valence electrons. The van der Waals surface area contributed by atoms with E-state index in [0.29, 0.717) is 0 Å². The third-order valence-corrected chi connectivity index (χ3v) is 4.93. The van der Waals surface area contributed by atoms with Crippen LogP contribution >= 0.6 is 0 Å². The number of allylic oxidation sites excluding steroid dienone is 4. The summed E-state index contributed by atoms with van der Waals surface area (Å²) in [7, 11) is 0. The van der Waals surface area contributed by atoms with Crippen LogP contribution in [0.4, 0.5) is 5.69 Å². The molecule has 0 radical (unpaired) electrons. The maximum atomic E-state index is 4.17. The lowest BCUT2D eigenvalue weighted by molar-refractivity contribution is 1.48. The maximum absolute atomic E-state index is 4.17. The monoisotopic (exact) mass is 334 g/mol. The van der Waals surface area contributed by atoms with Gasteiger partial charge in [-0.15, -0.1) is 0 Å². The zero-order chi connectivity index (χ0) is 17.5. The summed E-state index contributed by atoms with van der Waals surface area (Å²) in [6, 6.07) is 23.2. The third kappa shape index (κ3) is 2.27. The number of hydrogen-bond donors (Lipinski definition) is 2. The Morgan fingerprint density at radius 2 is 1.50 bits per heavy atom. The third-order valence-electron chi connectivity index (χ3n) is 4.93. The van der Waals surface area contributed by atoms with E-state index in [-0.39, 0.29) is 0 Å². The molecule has 2 heterocycles. The van der Waals surface area contributed by atoms with Gasteiger partial charge in [-0.25, -0.2) is 0 Å². The predicted octanol–water partition coefficient (Wildman–Crippen LogP) is 6.36. The molecule has 1 aromatic heterocycles. The van der Waals surface area contributed by atoms with E-state index >= 15 is 0 Å². The van der Waals surface area contributed by atoms with Crippen molar-refractivity contribution in [3.63, 3.8) is 0 Å². The van der Waals surface area contributed by atoms with Gasteiger partial charge in [0, 0.05) is 38.8 Å². The van der Waals surface area contributed by atoms with Crippen molar-refractivity contribution in [3.8, 4) is 0 Å². The second kappa shape index (κ2) is 5.78. The number of rotatable bonds is 1. The van der Waals surface area contributed by atoms with Gasteiger partial charge >= 0.3 is 0 Å². The van der Waals surface area contributed by atoms with E-state index in [1.165, 1.54) is 10.8 Å². The van der Waals surface area contributed by atoms with E-state index in [2.05, 4.69) is 89.7 Å². The number of hydrogen-bond acceptors (Lipinski definition) is 1. The van der Waals surface area contributed by atoms with Crippen LogP contribution in [0.1, 0.15) is 11.1 Å². The van der Waals surface area contributed by atoms with E-state index in [1.807, 2.05) is 12.1 Å². The lowest BCUT2D eigenvalue weighted by atomic mass is 10.0. The first-order chi connectivity index (χ1) is 12.8. The minimum atomic E-state index is 1.01. The normalized spacial score (nSPS) is 17.1. The molecule has 0 saturated heterocycles. The lowest BCUT2D eigenvalue weighted by Crippen LogP contribution is -2.03. The number of fused-ring (bicyclic) bond motifs is 4. The largest absolute Gasteiger partial charge is 0.354 e. The summed E-state index contributed by atoms with van der Waals surface area (Å²) in [4.78, 5) is 3.59. The number of para-hydroxylation sites is 3. The summed E-state index contributed by atoms with van der Waals surface area (Å²) in [5, 5.41) is 6.10. The first kappa shape index (κ1) is 14.8. The predicted molar refractivity (Wildman–Crippen MR) is 112 cm³/mol. The fraction of sp³-hybridized carbons (Fsp3) is 0. The summed E-state index contributed by atoms with van der Waals surface area (Å²) in [5.41, 5.74) is 7.74. The second-order valence-corrected chi connectivity index (χ2v) is 6.53. The Morgan fingerprint density at radius 3 is 2.46 bits per heavy atom. The van der Waals surface area contributed by atoms with Crippen molar-refractivity contribution < 1.29 is 0 Å². The molecule has 0 spiro atoms. The van der Waals surface area contributed by atoms with Crippen molar-refractivity contribution in [1.29, 1.82) is 0 Å². The van der Waals surface area contributed by atoms with Crippen molar-refractivity contribution in [1.82, 2.24) is 4.98 Å². The molecule has 1 aliphatic heterocycles. The topological polar surface area (TPSA) is 27.8 Å². The molecule has 2 nitrogen and oxygen atoms in total. The van der Waals surface area contributed by atoms with E-state index in [0.717, 1.165) is 39.1 Å². The Bertz CT molecular complexity index is 1220. The number of aromatic amines is 1. The molecule has 0 amide bonds. The average molecular weight is 334 g/mol. The van der Waals surface area contributed by atoms with Gasteiger partial charge in [0.1, 0.15) is 0 Å². The molecule has 26 heavy (non-hydrogen) atoms. The van der Waals surface area contributed by atoms with Crippen LogP contribution in [0.2, 0.25) is 0 Å². The van der Waals surface area contributed by atoms with Crippen LogP contribution in [0.15, 0.2) is 91.5 Å². The van der Waals surface area contributed by atoms with Crippen LogP contribution in [0.25, 0.3) is 33.1 Å². The molecular weight excluding hydrogens is 316 g/mol. The van der Waals surface area contributed by atoms with Gasteiger partial charge in [0.25, 0.3) is 0 Å². The minimum Gasteiger partial charge on any atom is -0.354 e. The summed E-state index contributed by atoms with van der Waals surface area (Å²) in [6.45, 7) is 4.17. The van der Waals surface area contributed by atoms with Gasteiger partial charge in [-0.05, 0) is 23.8 Å². The van der Waals surface area contributed by atoms with Crippen molar-refractivity contribution in [3.05, 3.63) is 103 Å². The summed E-state index contributed by atoms with van der Waals surface area (Å²) < 4.78 is 0. The summed E-state index contributed by atoms with van der Waals surface area (Å²) in [6.07, 6.45) is 6.23. The number of benzene rings is 3. The van der Waals surface area contributed by atoms with Crippen molar-refractivity contribution in [2.45, 2.75) is 0 Å². The Morgan fingerprint density at radius 1 is 0.731 bits per heavy atom. The van der Waals surface area contributed by atoms with Crippen LogP contribution in [-0.2, 0) is 0 Å². The van der Waals surface area contributed by atoms with Gasteiger partial charge in [0.15, 0.2) is 0 Å². The highest BCUT2D eigenvalue weighted by Crippen LogP contribution is 2.34. The maximum Gasteiger partial charge on any atom is 0.0559 e. The van der Waals surface area contributed by atoms with Gasteiger partial charge in [0.05, 0.1) is 5.52 Å². The lowest BCUT2D eigenvalue weighted by Gasteiger charge is -2.17. The Labute approximate surface area is 152 Å². The Hall–Kier alpha value is -3.52. The highest BCUT2D eigenvalue weighted by Gasteiger charge is 2.13. The van der Waals surface area contributed by atoms with Crippen LogP contribution in [0.3, 0.4) is 0 Å². The fourth-order valence-electron chi connectivity index (χ4n) is 3.66. The van der Waals surface area contributed by atoms with E-state index in [9.17, 15) is 0 Å². The van der Waals surface area contributed by atoms with Crippen LogP contribution in [0, 0.1) is 0 Å². The molecule has 3 aromatic carbocycles. The molecule has 2 heteroatoms. The molecular formula is C24H18N2. The Kier molecular flexibility index (Phi) is 3.29. The van der Waals surface area contributed by atoms with Gasteiger partial charge < -0.3 is 10.3 Å². The average Bonchev–Trinajstić information content (AvgIpc) is 3.05. The van der Waals surface area contributed by atoms with Crippen molar-refractivity contribution in [2.75, 3.05) is 5.32 Å².